The zero-order chi connectivity index (χ0) is 13.7. The van der Waals surface area contributed by atoms with E-state index in [-0.39, 0.29) is 12.5 Å². The molecular formula is C12H15N5O2. The molecule has 0 spiro atoms. The number of benzene rings is 1. The van der Waals surface area contributed by atoms with Crippen LogP contribution >= 0.6 is 0 Å². The number of anilines is 1. The molecule has 0 atom stereocenters. The maximum atomic E-state index is 5.75. The van der Waals surface area contributed by atoms with Gasteiger partial charge in [-0.1, -0.05) is 5.16 Å². The summed E-state index contributed by atoms with van der Waals surface area (Å²) in [6.07, 6.45) is 0. The second kappa shape index (κ2) is 5.85. The summed E-state index contributed by atoms with van der Waals surface area (Å²) in [7, 11) is 1.62. The van der Waals surface area contributed by atoms with Crippen LogP contribution in [0.25, 0.3) is 0 Å². The lowest BCUT2D eigenvalue weighted by atomic mass is 10.3. The molecule has 0 amide bonds. The summed E-state index contributed by atoms with van der Waals surface area (Å²) in [5.74, 6) is 2.06. The molecule has 0 aliphatic rings. The van der Waals surface area contributed by atoms with Crippen molar-refractivity contribution >= 4 is 11.6 Å². The molecule has 0 bridgehead atoms. The Balaban J connectivity index is 1.93. The highest BCUT2D eigenvalue weighted by molar-refractivity contribution is 5.92. The Morgan fingerprint density at radius 3 is 2.74 bits per heavy atom. The van der Waals surface area contributed by atoms with Crippen LogP contribution in [-0.2, 0) is 6.54 Å². The number of aromatic nitrogens is 2. The highest BCUT2D eigenvalue weighted by Crippen LogP contribution is 2.14. The van der Waals surface area contributed by atoms with Gasteiger partial charge >= 0.3 is 0 Å². The van der Waals surface area contributed by atoms with Crippen molar-refractivity contribution in [3.8, 4) is 5.75 Å². The third kappa shape index (κ3) is 3.70. The molecule has 1 aromatic heterocycles. The molecule has 7 heteroatoms. The van der Waals surface area contributed by atoms with E-state index in [1.54, 1.807) is 14.0 Å². The number of nitrogens with zero attached hydrogens (tertiary/aromatic N) is 3. The van der Waals surface area contributed by atoms with E-state index in [2.05, 4.69) is 20.4 Å². The van der Waals surface area contributed by atoms with Gasteiger partial charge in [-0.3, -0.25) is 0 Å². The number of hydrogen-bond acceptors (Lipinski definition) is 5. The van der Waals surface area contributed by atoms with E-state index in [9.17, 15) is 0 Å². The van der Waals surface area contributed by atoms with Crippen molar-refractivity contribution in [3.05, 3.63) is 36.0 Å². The molecular weight excluding hydrogens is 246 g/mol. The van der Waals surface area contributed by atoms with Gasteiger partial charge in [-0.2, -0.15) is 4.98 Å². The highest BCUT2D eigenvalue weighted by atomic mass is 16.5. The summed E-state index contributed by atoms with van der Waals surface area (Å²) in [6.45, 7) is 1.99. The largest absolute Gasteiger partial charge is 0.497 e. The molecule has 1 aromatic carbocycles. The zero-order valence-corrected chi connectivity index (χ0v) is 10.8. The quantitative estimate of drug-likeness (QED) is 0.636. The summed E-state index contributed by atoms with van der Waals surface area (Å²) >= 11 is 0. The molecule has 0 radical (unpaired) electrons. The maximum Gasteiger partial charge on any atom is 0.248 e. The first-order valence-electron chi connectivity index (χ1n) is 5.67. The van der Waals surface area contributed by atoms with Crippen LogP contribution in [-0.4, -0.2) is 23.2 Å². The van der Waals surface area contributed by atoms with Crippen molar-refractivity contribution in [1.82, 2.24) is 10.1 Å². The van der Waals surface area contributed by atoms with Gasteiger partial charge in [-0.15, -0.1) is 0 Å². The van der Waals surface area contributed by atoms with E-state index in [0.717, 1.165) is 11.4 Å². The Bertz CT molecular complexity index is 562. The van der Waals surface area contributed by atoms with Gasteiger partial charge < -0.3 is 20.3 Å². The van der Waals surface area contributed by atoms with Gasteiger partial charge in [-0.05, 0) is 31.2 Å². The average Bonchev–Trinajstić information content (AvgIpc) is 2.83. The predicted octanol–water partition coefficient (Wildman–Crippen LogP) is 1.31. The van der Waals surface area contributed by atoms with Crippen molar-refractivity contribution in [2.75, 3.05) is 12.4 Å². The second-order valence-electron chi connectivity index (χ2n) is 3.79. The van der Waals surface area contributed by atoms with Crippen molar-refractivity contribution < 1.29 is 9.26 Å². The Kier molecular flexibility index (Phi) is 3.97. The monoisotopic (exact) mass is 261 g/mol. The lowest BCUT2D eigenvalue weighted by Crippen LogP contribution is -2.22. The number of methoxy groups -OCH3 is 1. The van der Waals surface area contributed by atoms with Gasteiger partial charge in [0.25, 0.3) is 0 Å². The first-order chi connectivity index (χ1) is 9.17. The fourth-order valence-electron chi connectivity index (χ4n) is 1.42. The molecule has 7 nitrogen and oxygen atoms in total. The predicted molar refractivity (Wildman–Crippen MR) is 71.0 cm³/mol. The van der Waals surface area contributed by atoms with Gasteiger partial charge in [0, 0.05) is 5.69 Å². The standard InChI is InChI=1S/C12H15N5O2/c1-8-15-11(19-17-8)7-14-12(13)16-9-3-5-10(18-2)6-4-9/h3-6H,7H2,1-2H3,(H3,13,14,16). The number of hydrogen-bond donors (Lipinski definition) is 2. The highest BCUT2D eigenvalue weighted by Gasteiger charge is 2.01. The van der Waals surface area contributed by atoms with Crippen LogP contribution in [0.15, 0.2) is 33.8 Å². The molecule has 1 heterocycles. The Hall–Kier alpha value is -2.57. The molecule has 0 fully saturated rings. The molecule has 19 heavy (non-hydrogen) atoms. The second-order valence-corrected chi connectivity index (χ2v) is 3.79. The van der Waals surface area contributed by atoms with E-state index in [1.165, 1.54) is 0 Å². The fraction of sp³-hybridized carbons (Fsp3) is 0.250. The molecule has 0 saturated heterocycles. The third-order valence-electron chi connectivity index (χ3n) is 2.32. The normalized spacial score (nSPS) is 11.4. The van der Waals surface area contributed by atoms with Crippen molar-refractivity contribution in [2.24, 2.45) is 10.7 Å². The fourth-order valence-corrected chi connectivity index (χ4v) is 1.42. The summed E-state index contributed by atoms with van der Waals surface area (Å²) in [5, 5.41) is 6.62. The van der Waals surface area contributed by atoms with Gasteiger partial charge in [0.1, 0.15) is 12.3 Å². The molecule has 0 aliphatic carbocycles. The smallest absolute Gasteiger partial charge is 0.248 e. The van der Waals surface area contributed by atoms with Crippen LogP contribution in [0.3, 0.4) is 0 Å². The molecule has 3 N–H and O–H groups in total. The Morgan fingerprint density at radius 1 is 1.42 bits per heavy atom. The average molecular weight is 261 g/mol. The van der Waals surface area contributed by atoms with Gasteiger partial charge in [0.05, 0.1) is 7.11 Å². The van der Waals surface area contributed by atoms with Crippen molar-refractivity contribution in [3.63, 3.8) is 0 Å². The lowest BCUT2D eigenvalue weighted by Gasteiger charge is -2.05. The summed E-state index contributed by atoms with van der Waals surface area (Å²) in [6, 6.07) is 7.35. The number of aryl methyl sites for hydroxylation is 1. The minimum atomic E-state index is 0.246. The Morgan fingerprint density at radius 2 is 2.16 bits per heavy atom. The van der Waals surface area contributed by atoms with Gasteiger partial charge in [0.15, 0.2) is 11.8 Å². The lowest BCUT2D eigenvalue weighted by molar-refractivity contribution is 0.376. The number of aliphatic imine (C=N–C) groups is 1. The summed E-state index contributed by atoms with van der Waals surface area (Å²) in [4.78, 5) is 8.13. The molecule has 2 rings (SSSR count). The van der Waals surface area contributed by atoms with Crippen LogP contribution in [0.5, 0.6) is 5.75 Å². The van der Waals surface area contributed by atoms with Crippen LogP contribution in [0, 0.1) is 6.92 Å². The molecule has 2 aromatic rings. The van der Waals surface area contributed by atoms with Crippen molar-refractivity contribution in [2.45, 2.75) is 13.5 Å². The number of nitrogens with one attached hydrogen (secondary N) is 1. The van der Waals surface area contributed by atoms with Crippen LogP contribution in [0.1, 0.15) is 11.7 Å². The van der Waals surface area contributed by atoms with E-state index in [1.807, 2.05) is 24.3 Å². The van der Waals surface area contributed by atoms with Gasteiger partial charge in [0.2, 0.25) is 5.89 Å². The third-order valence-corrected chi connectivity index (χ3v) is 2.32. The van der Waals surface area contributed by atoms with E-state index in [4.69, 9.17) is 15.0 Å². The zero-order valence-electron chi connectivity index (χ0n) is 10.8. The minimum Gasteiger partial charge on any atom is -0.497 e. The van der Waals surface area contributed by atoms with Gasteiger partial charge in [-0.25, -0.2) is 4.99 Å². The Labute approximate surface area is 110 Å². The molecule has 0 unspecified atom stereocenters. The van der Waals surface area contributed by atoms with E-state index in [0.29, 0.717) is 11.7 Å². The summed E-state index contributed by atoms with van der Waals surface area (Å²) in [5.41, 5.74) is 6.57. The van der Waals surface area contributed by atoms with Crippen LogP contribution in [0.2, 0.25) is 0 Å². The molecule has 0 aliphatic heterocycles. The van der Waals surface area contributed by atoms with Crippen molar-refractivity contribution in [1.29, 1.82) is 0 Å². The topological polar surface area (TPSA) is 98.6 Å². The van der Waals surface area contributed by atoms with Crippen LogP contribution in [0.4, 0.5) is 5.69 Å². The number of nitrogens with two attached hydrogens (primary N) is 1. The van der Waals surface area contributed by atoms with E-state index < -0.39 is 0 Å². The molecule has 0 saturated carbocycles. The van der Waals surface area contributed by atoms with Crippen LogP contribution < -0.4 is 15.8 Å². The first kappa shape index (κ1) is 12.9. The van der Waals surface area contributed by atoms with E-state index >= 15 is 0 Å². The SMILES string of the molecule is COc1ccc(NC(N)=NCc2nc(C)no2)cc1. The maximum absolute atomic E-state index is 5.75. The summed E-state index contributed by atoms with van der Waals surface area (Å²) < 4.78 is 9.99. The minimum absolute atomic E-state index is 0.246. The first-order valence-corrected chi connectivity index (χ1v) is 5.67. The number of guanidine groups is 1. The molecule has 100 valence electrons. The number of ether oxygens (including phenoxy) is 1. The number of rotatable bonds is 4.